The molecule has 3 N–H and O–H groups in total. The van der Waals surface area contributed by atoms with Crippen LogP contribution in [0.25, 0.3) is 15.4 Å². The lowest BCUT2D eigenvalue weighted by atomic mass is 9.85. The Morgan fingerprint density at radius 3 is 2.14 bits per heavy atom. The lowest BCUT2D eigenvalue weighted by molar-refractivity contribution is -0.144. The summed E-state index contributed by atoms with van der Waals surface area (Å²) in [6, 6.07) is 13.5. The molecule has 0 aliphatic carbocycles. The molecule has 5 aromatic rings. The van der Waals surface area contributed by atoms with E-state index in [9.17, 15) is 19.2 Å². The van der Waals surface area contributed by atoms with Crippen LogP contribution in [0.1, 0.15) is 91.1 Å². The minimum Gasteiger partial charge on any atom is -0.377 e. The van der Waals surface area contributed by atoms with Gasteiger partial charge in [-0.25, -0.2) is 4.98 Å². The molecule has 7 rings (SSSR count). The number of benzene rings is 2. The van der Waals surface area contributed by atoms with Crippen molar-refractivity contribution < 1.29 is 38.1 Å². The van der Waals surface area contributed by atoms with Gasteiger partial charge in [-0.05, 0) is 74.3 Å². The zero-order valence-electron chi connectivity index (χ0n) is 42.3. The predicted octanol–water partition coefficient (Wildman–Crippen LogP) is 6.89. The van der Waals surface area contributed by atoms with E-state index in [0.29, 0.717) is 69.9 Å². The molecule has 2 aromatic carbocycles. The second kappa shape index (κ2) is 25.0. The number of amides is 4. The number of aliphatic imine (C=N–C) groups is 1. The number of likely N-dealkylation sites (tertiary alicyclic amines) is 1. The average molecular weight is 1040 g/mol. The zero-order valence-corrected chi connectivity index (χ0v) is 44.7. The molecule has 5 heterocycles. The highest BCUT2D eigenvalue weighted by Crippen LogP contribution is 2.40. The SMILES string of the molecule is Cc1ncsc1-c1ccc(CNC(=O)[C@@H]2C[C@@H](C)CN2C(=O)C(NC(=O)COCCOCCOCCOCCNC(=O)C[C@@H]2N=C(c3ccc(Cl)cc3)c3c(sc(C)c3C)-n3c(C)nnc32)C(C)(C)C)cc1. The minimum absolute atomic E-state index is 0.0802. The van der Waals surface area contributed by atoms with Crippen LogP contribution in [0.5, 0.6) is 0 Å². The lowest BCUT2D eigenvalue weighted by Crippen LogP contribution is -2.58. The Hall–Kier alpha value is -5.41. The number of carbonyl (C=O) groups is 4. The van der Waals surface area contributed by atoms with E-state index in [1.54, 1.807) is 27.6 Å². The van der Waals surface area contributed by atoms with Gasteiger partial charge >= 0.3 is 0 Å². The molecule has 0 bridgehead atoms. The van der Waals surface area contributed by atoms with Crippen molar-refractivity contribution in [1.82, 2.24) is 40.6 Å². The van der Waals surface area contributed by atoms with Crippen LogP contribution in [0.4, 0.5) is 0 Å². The van der Waals surface area contributed by atoms with Gasteiger partial charge in [-0.15, -0.1) is 32.9 Å². The molecule has 2 aliphatic heterocycles. The van der Waals surface area contributed by atoms with Gasteiger partial charge in [0.2, 0.25) is 23.6 Å². The summed E-state index contributed by atoms with van der Waals surface area (Å²) in [5, 5.41) is 19.3. The lowest BCUT2D eigenvalue weighted by Gasteiger charge is -2.35. The van der Waals surface area contributed by atoms with Gasteiger partial charge in [0.15, 0.2) is 5.82 Å². The normalized spacial score (nSPS) is 16.9. The summed E-state index contributed by atoms with van der Waals surface area (Å²) in [5.74, 6) is 0.331. The molecule has 1 unspecified atom stereocenters. The fourth-order valence-corrected chi connectivity index (χ4v) is 10.8. The number of hydrogen-bond donors (Lipinski definition) is 3. The van der Waals surface area contributed by atoms with Crippen LogP contribution in [-0.2, 0) is 44.7 Å². The molecular weight excluding hydrogens is 978 g/mol. The highest BCUT2D eigenvalue weighted by Gasteiger charge is 2.44. The molecular formula is C52H66ClN9O8S2. The van der Waals surface area contributed by atoms with Crippen molar-refractivity contribution in [1.29, 1.82) is 0 Å². The first-order valence-electron chi connectivity index (χ1n) is 24.3. The Labute approximate surface area is 434 Å². The number of fused-ring (bicyclic) bond motifs is 3. The molecule has 1 fully saturated rings. The standard InChI is InChI=1S/C52H66ClN9O8S2/c1-31-25-41(49(65)55-27-36-9-11-38(12-10-36)46-33(3)56-30-71-46)61(28-31)50(66)47(52(6,7)8)58-43(64)29-70-24-23-69-22-21-68-20-19-67-18-17-54-42(63)26-40-48-60-59-35(5)62(48)51-44(32(2)34(4)72-51)45(57-40)37-13-15-39(53)16-14-37/h9-16,30-31,40-41,47H,17-29H2,1-8H3,(H,54,63)(H,55,65)(H,58,64)/t31-,40+,41+,47?/m1/s1. The molecule has 4 amide bonds. The Morgan fingerprint density at radius 1 is 0.833 bits per heavy atom. The Bertz CT molecular complexity index is 2700. The predicted molar refractivity (Wildman–Crippen MR) is 279 cm³/mol. The van der Waals surface area contributed by atoms with Crippen molar-refractivity contribution in [3.63, 3.8) is 0 Å². The number of ether oxygens (including phenoxy) is 4. The fourth-order valence-electron chi connectivity index (χ4n) is 8.68. The van der Waals surface area contributed by atoms with E-state index in [-0.39, 0.29) is 49.9 Å². The monoisotopic (exact) mass is 1040 g/mol. The van der Waals surface area contributed by atoms with Gasteiger partial charge in [0.05, 0.1) is 74.5 Å². The molecule has 2 aliphatic rings. The second-order valence-electron chi connectivity index (χ2n) is 19.2. The van der Waals surface area contributed by atoms with Crippen molar-refractivity contribution in [2.75, 3.05) is 65.9 Å². The number of nitrogens with zero attached hydrogens (tertiary/aromatic N) is 6. The van der Waals surface area contributed by atoms with Crippen molar-refractivity contribution in [3.05, 3.63) is 104 Å². The number of halogens is 1. The van der Waals surface area contributed by atoms with Crippen LogP contribution in [0.15, 0.2) is 59.0 Å². The number of rotatable bonds is 23. The van der Waals surface area contributed by atoms with E-state index in [2.05, 4.69) is 45.0 Å². The summed E-state index contributed by atoms with van der Waals surface area (Å²) in [6.45, 7) is 18.6. The molecule has 0 radical (unpaired) electrons. The Morgan fingerprint density at radius 2 is 1.49 bits per heavy atom. The molecule has 4 atom stereocenters. The summed E-state index contributed by atoms with van der Waals surface area (Å²) in [5.41, 5.74) is 8.03. The maximum atomic E-state index is 14.1. The van der Waals surface area contributed by atoms with Crippen molar-refractivity contribution in [3.8, 4) is 15.4 Å². The van der Waals surface area contributed by atoms with Crippen LogP contribution < -0.4 is 16.0 Å². The zero-order chi connectivity index (χ0) is 51.5. The highest BCUT2D eigenvalue weighted by molar-refractivity contribution is 7.15. The Kier molecular flexibility index (Phi) is 18.9. The minimum atomic E-state index is -0.866. The smallest absolute Gasteiger partial charge is 0.246 e. The van der Waals surface area contributed by atoms with Crippen molar-refractivity contribution in [2.45, 2.75) is 92.9 Å². The van der Waals surface area contributed by atoms with E-state index >= 15 is 0 Å². The number of carbonyl (C=O) groups excluding carboxylic acids is 4. The largest absolute Gasteiger partial charge is 0.377 e. The molecule has 20 heteroatoms. The second-order valence-corrected chi connectivity index (χ2v) is 21.7. The molecule has 1 saturated heterocycles. The highest BCUT2D eigenvalue weighted by atomic mass is 35.5. The summed E-state index contributed by atoms with van der Waals surface area (Å²) >= 11 is 9.48. The van der Waals surface area contributed by atoms with Crippen molar-refractivity contribution >= 4 is 63.6 Å². The van der Waals surface area contributed by atoms with Crippen LogP contribution in [-0.4, -0.2) is 132 Å². The van der Waals surface area contributed by atoms with Crippen molar-refractivity contribution in [2.24, 2.45) is 16.3 Å². The topological polar surface area (TPSA) is 200 Å². The van der Waals surface area contributed by atoms with Gasteiger partial charge in [-0.3, -0.25) is 28.7 Å². The Balaban J connectivity index is 0.753. The van der Waals surface area contributed by atoms with E-state index < -0.39 is 29.4 Å². The van der Waals surface area contributed by atoms with E-state index in [4.69, 9.17) is 35.5 Å². The van der Waals surface area contributed by atoms with Gasteiger partial charge in [-0.1, -0.05) is 75.7 Å². The number of nitrogens with one attached hydrogen (secondary N) is 3. The fraction of sp³-hybridized carbons (Fsp3) is 0.500. The molecule has 0 saturated carbocycles. The summed E-state index contributed by atoms with van der Waals surface area (Å²) in [7, 11) is 0. The van der Waals surface area contributed by atoms with E-state index in [1.807, 2.05) is 100 Å². The molecule has 17 nitrogen and oxygen atoms in total. The summed E-state index contributed by atoms with van der Waals surface area (Å²) in [4.78, 5) is 67.3. The quantitative estimate of drug-likeness (QED) is 0.0576. The van der Waals surface area contributed by atoms with Crippen LogP contribution in [0, 0.1) is 39.0 Å². The molecule has 386 valence electrons. The van der Waals surface area contributed by atoms with E-state index in [1.165, 1.54) is 4.88 Å². The maximum absolute atomic E-state index is 14.1. The molecule has 72 heavy (non-hydrogen) atoms. The number of aryl methyl sites for hydroxylation is 3. The summed E-state index contributed by atoms with van der Waals surface area (Å²) < 4.78 is 24.5. The first-order valence-corrected chi connectivity index (χ1v) is 26.4. The maximum Gasteiger partial charge on any atom is 0.246 e. The van der Waals surface area contributed by atoms with Gasteiger partial charge in [-0.2, -0.15) is 0 Å². The summed E-state index contributed by atoms with van der Waals surface area (Å²) in [6.07, 6.45) is 0.614. The first-order chi connectivity index (χ1) is 34.5. The molecule has 0 spiro atoms. The van der Waals surface area contributed by atoms with Gasteiger partial charge in [0.1, 0.15) is 35.6 Å². The van der Waals surface area contributed by atoms with Crippen LogP contribution >= 0.6 is 34.3 Å². The third-order valence-electron chi connectivity index (χ3n) is 12.6. The average Bonchev–Trinajstić information content (AvgIpc) is 4.12. The third-order valence-corrected chi connectivity index (χ3v) is 15.0. The van der Waals surface area contributed by atoms with Gasteiger partial charge < -0.3 is 39.8 Å². The number of aromatic nitrogens is 4. The van der Waals surface area contributed by atoms with Gasteiger partial charge in [0.25, 0.3) is 0 Å². The van der Waals surface area contributed by atoms with Gasteiger partial charge in [0, 0.05) is 40.7 Å². The number of thiazole rings is 1. The van der Waals surface area contributed by atoms with E-state index in [0.717, 1.165) is 54.9 Å². The number of thiophene rings is 1. The first kappa shape index (κ1) is 54.4. The molecule has 3 aromatic heterocycles. The third kappa shape index (κ3) is 13.8. The van der Waals surface area contributed by atoms with Crippen LogP contribution in [0.3, 0.4) is 0 Å². The van der Waals surface area contributed by atoms with Crippen LogP contribution in [0.2, 0.25) is 5.02 Å². The number of hydrogen-bond acceptors (Lipinski definition) is 14.